The average Bonchev–Trinajstić information content (AvgIpc) is 3.32. The highest BCUT2D eigenvalue weighted by atomic mass is 32.1. The van der Waals surface area contributed by atoms with Gasteiger partial charge in [-0.05, 0) is 63.5 Å². The van der Waals surface area contributed by atoms with Crippen LogP contribution < -0.4 is 10.2 Å². The molecule has 1 N–H and O–H groups in total. The van der Waals surface area contributed by atoms with Gasteiger partial charge in [-0.15, -0.1) is 0 Å². The number of fused-ring (bicyclic) bond motifs is 3. The predicted octanol–water partition coefficient (Wildman–Crippen LogP) is 4.00. The van der Waals surface area contributed by atoms with Gasteiger partial charge in [0.05, 0.1) is 16.4 Å². The van der Waals surface area contributed by atoms with Gasteiger partial charge in [-0.2, -0.15) is 0 Å². The van der Waals surface area contributed by atoms with E-state index in [0.717, 1.165) is 65.7 Å². The van der Waals surface area contributed by atoms with Crippen molar-refractivity contribution < 1.29 is 4.79 Å². The lowest BCUT2D eigenvalue weighted by Gasteiger charge is -2.26. The number of rotatable bonds is 8. The molecular formula is C22H31N5OS. The Kier molecular flexibility index (Phi) is 6.35. The Labute approximate surface area is 176 Å². The number of imidazole rings is 1. The Hall–Kier alpha value is -2.12. The van der Waals surface area contributed by atoms with Gasteiger partial charge in [0.1, 0.15) is 5.82 Å². The number of carbonyl (C=O) groups excluding carboxylic acids is 1. The zero-order valence-corrected chi connectivity index (χ0v) is 18.3. The maximum atomic E-state index is 12.5. The van der Waals surface area contributed by atoms with Crippen LogP contribution in [-0.2, 0) is 0 Å². The number of amides is 1. The van der Waals surface area contributed by atoms with Crippen LogP contribution in [0.5, 0.6) is 0 Å². The van der Waals surface area contributed by atoms with Crippen LogP contribution in [0.2, 0.25) is 0 Å². The van der Waals surface area contributed by atoms with Gasteiger partial charge < -0.3 is 15.1 Å². The summed E-state index contributed by atoms with van der Waals surface area (Å²) in [6.07, 6.45) is 6.94. The summed E-state index contributed by atoms with van der Waals surface area (Å²) < 4.78 is 3.27. The van der Waals surface area contributed by atoms with Gasteiger partial charge in [-0.1, -0.05) is 25.2 Å². The van der Waals surface area contributed by atoms with Gasteiger partial charge in [0.2, 0.25) is 0 Å². The van der Waals surface area contributed by atoms with E-state index >= 15 is 0 Å². The van der Waals surface area contributed by atoms with Crippen LogP contribution in [0.4, 0.5) is 5.82 Å². The molecule has 2 aromatic heterocycles. The fourth-order valence-electron chi connectivity index (χ4n) is 4.05. The zero-order valence-electron chi connectivity index (χ0n) is 17.5. The molecule has 3 aromatic rings. The summed E-state index contributed by atoms with van der Waals surface area (Å²) in [6, 6.07) is 5.97. The molecule has 1 fully saturated rings. The lowest BCUT2D eigenvalue weighted by Crippen LogP contribution is -2.29. The van der Waals surface area contributed by atoms with E-state index < -0.39 is 0 Å². The number of benzene rings is 1. The number of hydrogen-bond donors (Lipinski definition) is 1. The topological polar surface area (TPSA) is 52.9 Å². The van der Waals surface area contributed by atoms with Crippen molar-refractivity contribution in [2.45, 2.75) is 39.5 Å². The molecule has 0 radical (unpaired) electrons. The van der Waals surface area contributed by atoms with Gasteiger partial charge >= 0.3 is 0 Å². The molecule has 1 amide bonds. The molecule has 0 aliphatic carbocycles. The SMILES string of the molecule is CCN(CC)CCCNC(=O)c1ccc2c(c1)sc1nc(N3CCCCC3)cn12. The van der Waals surface area contributed by atoms with Crippen molar-refractivity contribution in [3.63, 3.8) is 0 Å². The maximum Gasteiger partial charge on any atom is 0.251 e. The molecule has 6 nitrogen and oxygen atoms in total. The van der Waals surface area contributed by atoms with Crippen molar-refractivity contribution in [3.8, 4) is 0 Å². The highest BCUT2D eigenvalue weighted by molar-refractivity contribution is 7.23. The van der Waals surface area contributed by atoms with E-state index in [0.29, 0.717) is 6.54 Å². The first-order valence-electron chi connectivity index (χ1n) is 10.9. The normalized spacial score (nSPS) is 14.9. The first-order valence-corrected chi connectivity index (χ1v) is 11.7. The Morgan fingerprint density at radius 3 is 2.76 bits per heavy atom. The number of hydrogen-bond acceptors (Lipinski definition) is 5. The molecule has 1 saturated heterocycles. The Morgan fingerprint density at radius 1 is 1.21 bits per heavy atom. The Bertz CT molecular complexity index is 968. The van der Waals surface area contributed by atoms with Crippen molar-refractivity contribution in [1.29, 1.82) is 0 Å². The predicted molar refractivity (Wildman–Crippen MR) is 121 cm³/mol. The second kappa shape index (κ2) is 9.13. The summed E-state index contributed by atoms with van der Waals surface area (Å²) in [7, 11) is 0. The van der Waals surface area contributed by atoms with E-state index in [9.17, 15) is 4.79 Å². The van der Waals surface area contributed by atoms with Crippen molar-refractivity contribution in [1.82, 2.24) is 19.6 Å². The molecule has 7 heteroatoms. The summed E-state index contributed by atoms with van der Waals surface area (Å²) in [5.41, 5.74) is 1.85. The lowest BCUT2D eigenvalue weighted by molar-refractivity contribution is 0.0952. The molecule has 0 spiro atoms. The fraction of sp³-hybridized carbons (Fsp3) is 0.545. The van der Waals surface area contributed by atoms with Crippen LogP contribution in [0.15, 0.2) is 24.4 Å². The number of nitrogens with zero attached hydrogens (tertiary/aromatic N) is 4. The highest BCUT2D eigenvalue weighted by Crippen LogP contribution is 2.30. The molecule has 1 aliphatic heterocycles. The molecule has 0 bridgehead atoms. The van der Waals surface area contributed by atoms with Crippen LogP contribution in [-0.4, -0.2) is 59.5 Å². The van der Waals surface area contributed by atoms with Crippen molar-refractivity contribution >= 4 is 38.2 Å². The molecule has 156 valence electrons. The molecule has 29 heavy (non-hydrogen) atoms. The molecular weight excluding hydrogens is 382 g/mol. The molecule has 3 heterocycles. The number of piperidine rings is 1. The van der Waals surface area contributed by atoms with Crippen LogP contribution in [0.1, 0.15) is 49.9 Å². The summed E-state index contributed by atoms with van der Waals surface area (Å²) in [4.78, 5) is 23.1. The number of nitrogens with one attached hydrogen (secondary N) is 1. The minimum absolute atomic E-state index is 0.00601. The summed E-state index contributed by atoms with van der Waals surface area (Å²) in [5, 5.41) is 3.06. The zero-order chi connectivity index (χ0) is 20.2. The first-order chi connectivity index (χ1) is 14.2. The molecule has 0 unspecified atom stereocenters. The van der Waals surface area contributed by atoms with Gasteiger partial charge in [0, 0.05) is 25.2 Å². The van der Waals surface area contributed by atoms with Crippen LogP contribution >= 0.6 is 11.3 Å². The molecule has 4 rings (SSSR count). The molecule has 1 aliphatic rings. The third-order valence-corrected chi connectivity index (χ3v) is 6.87. The third-order valence-electron chi connectivity index (χ3n) is 5.85. The standard InChI is InChI=1S/C22H31N5OS/c1-3-25(4-2)12-8-11-23-21(28)17-9-10-18-19(15-17)29-22-24-20(16-27(18)22)26-13-6-5-7-14-26/h9-10,15-16H,3-8,11-14H2,1-2H3,(H,23,28). The Balaban J connectivity index is 1.43. The van der Waals surface area contributed by atoms with E-state index in [4.69, 9.17) is 4.98 Å². The minimum Gasteiger partial charge on any atom is -0.355 e. The van der Waals surface area contributed by atoms with Crippen LogP contribution in [0.3, 0.4) is 0 Å². The second-order valence-electron chi connectivity index (χ2n) is 7.72. The first kappa shape index (κ1) is 20.2. The number of aromatic nitrogens is 2. The van der Waals surface area contributed by atoms with E-state index in [1.807, 2.05) is 18.2 Å². The van der Waals surface area contributed by atoms with Crippen LogP contribution in [0, 0.1) is 0 Å². The van der Waals surface area contributed by atoms with Crippen molar-refractivity contribution in [2.75, 3.05) is 44.2 Å². The summed E-state index contributed by atoms with van der Waals surface area (Å²) in [6.45, 7) is 10.4. The van der Waals surface area contributed by atoms with Gasteiger partial charge in [0.15, 0.2) is 4.96 Å². The minimum atomic E-state index is 0.00601. The van der Waals surface area contributed by atoms with E-state index in [1.54, 1.807) is 11.3 Å². The van der Waals surface area contributed by atoms with Crippen molar-refractivity contribution in [2.24, 2.45) is 0 Å². The van der Waals surface area contributed by atoms with Crippen molar-refractivity contribution in [3.05, 3.63) is 30.0 Å². The number of carbonyl (C=O) groups is 1. The van der Waals surface area contributed by atoms with E-state index in [2.05, 4.69) is 39.6 Å². The van der Waals surface area contributed by atoms with Gasteiger partial charge in [0.25, 0.3) is 5.91 Å². The quantitative estimate of drug-likeness (QED) is 0.567. The summed E-state index contributed by atoms with van der Waals surface area (Å²) >= 11 is 1.65. The maximum absolute atomic E-state index is 12.5. The van der Waals surface area contributed by atoms with Gasteiger partial charge in [-0.25, -0.2) is 4.98 Å². The van der Waals surface area contributed by atoms with E-state index in [1.165, 1.54) is 19.3 Å². The number of thiazole rings is 1. The third kappa shape index (κ3) is 4.41. The van der Waals surface area contributed by atoms with Crippen LogP contribution in [0.25, 0.3) is 15.2 Å². The molecule has 0 atom stereocenters. The second-order valence-corrected chi connectivity index (χ2v) is 8.73. The monoisotopic (exact) mass is 413 g/mol. The molecule has 1 aromatic carbocycles. The lowest BCUT2D eigenvalue weighted by atomic mass is 10.1. The number of anilines is 1. The Morgan fingerprint density at radius 2 is 2.00 bits per heavy atom. The summed E-state index contributed by atoms with van der Waals surface area (Å²) in [5.74, 6) is 1.08. The molecule has 0 saturated carbocycles. The largest absolute Gasteiger partial charge is 0.355 e. The highest BCUT2D eigenvalue weighted by Gasteiger charge is 2.17. The smallest absolute Gasteiger partial charge is 0.251 e. The fourth-order valence-corrected chi connectivity index (χ4v) is 5.09. The van der Waals surface area contributed by atoms with E-state index in [-0.39, 0.29) is 5.91 Å². The average molecular weight is 414 g/mol. The van der Waals surface area contributed by atoms with Gasteiger partial charge in [-0.3, -0.25) is 9.20 Å².